The number of aromatic nitrogens is 2. The topological polar surface area (TPSA) is 76.6 Å². The first-order valence-electron chi connectivity index (χ1n) is 8.85. The molecule has 1 N–H and O–H groups in total. The molecule has 13 heteroatoms. The van der Waals surface area contributed by atoms with Gasteiger partial charge in [0.2, 0.25) is 17.7 Å². The Hall–Kier alpha value is -3.51. The van der Waals surface area contributed by atoms with E-state index in [9.17, 15) is 31.1 Å². The molecule has 174 valence electrons. The molecule has 0 spiro atoms. The zero-order chi connectivity index (χ0) is 24.1. The Kier molecular flexibility index (Phi) is 7.54. The van der Waals surface area contributed by atoms with Gasteiger partial charge in [-0.3, -0.25) is 10.2 Å². The highest BCUT2D eigenvalue weighted by atomic mass is 19.4. The highest BCUT2D eigenvalue weighted by Gasteiger charge is 2.30. The maximum atomic E-state index is 12.7. The summed E-state index contributed by atoms with van der Waals surface area (Å²) in [6, 6.07) is 6.46. The molecule has 2 aromatic rings. The number of alkyl halides is 6. The SMILES string of the molecule is C=C(C)N(C(=O)Nc1nc(OCC(F)(F)F)cc(OCC(F)(F)F)n1)c1ccc(C)cc1. The molecule has 2 rings (SSSR count). The van der Waals surface area contributed by atoms with Gasteiger partial charge < -0.3 is 9.47 Å². The zero-order valence-electron chi connectivity index (χ0n) is 16.8. The van der Waals surface area contributed by atoms with Crippen molar-refractivity contribution in [3.8, 4) is 11.8 Å². The number of urea groups is 1. The molecular weight excluding hydrogens is 446 g/mol. The van der Waals surface area contributed by atoms with Crippen molar-refractivity contribution in [2.24, 2.45) is 0 Å². The average Bonchev–Trinajstić information content (AvgIpc) is 2.65. The van der Waals surface area contributed by atoms with Crippen LogP contribution in [0.3, 0.4) is 0 Å². The molecule has 0 atom stereocenters. The molecule has 32 heavy (non-hydrogen) atoms. The van der Waals surface area contributed by atoms with Gasteiger partial charge in [0, 0.05) is 5.70 Å². The number of halogens is 6. The van der Waals surface area contributed by atoms with Crippen LogP contribution in [-0.4, -0.2) is 41.6 Å². The van der Waals surface area contributed by atoms with E-state index < -0.39 is 49.3 Å². The van der Waals surface area contributed by atoms with Crippen LogP contribution in [0.25, 0.3) is 0 Å². The third-order valence-corrected chi connectivity index (χ3v) is 3.54. The summed E-state index contributed by atoms with van der Waals surface area (Å²) in [5.74, 6) is -2.13. The van der Waals surface area contributed by atoms with Gasteiger partial charge in [-0.25, -0.2) is 4.79 Å². The average molecular weight is 464 g/mol. The molecular formula is C19H18F6N4O3. The Morgan fingerprint density at radius 2 is 1.47 bits per heavy atom. The minimum Gasteiger partial charge on any atom is -0.468 e. The van der Waals surface area contributed by atoms with Gasteiger partial charge in [-0.1, -0.05) is 24.3 Å². The van der Waals surface area contributed by atoms with Gasteiger partial charge in [0.25, 0.3) is 0 Å². The summed E-state index contributed by atoms with van der Waals surface area (Å²) in [7, 11) is 0. The second-order valence-electron chi connectivity index (χ2n) is 6.51. The predicted octanol–water partition coefficient (Wildman–Crippen LogP) is 5.24. The van der Waals surface area contributed by atoms with Crippen LogP contribution in [0.5, 0.6) is 11.8 Å². The molecule has 0 saturated heterocycles. The van der Waals surface area contributed by atoms with Crippen LogP contribution < -0.4 is 19.7 Å². The van der Waals surface area contributed by atoms with E-state index >= 15 is 0 Å². The van der Waals surface area contributed by atoms with Crippen molar-refractivity contribution in [3.05, 3.63) is 48.2 Å². The quantitative estimate of drug-likeness (QED) is 0.568. The van der Waals surface area contributed by atoms with Crippen molar-refractivity contribution in [3.63, 3.8) is 0 Å². The number of ether oxygens (including phenoxy) is 2. The molecule has 1 heterocycles. The molecule has 7 nitrogen and oxygen atoms in total. The minimum atomic E-state index is -4.73. The van der Waals surface area contributed by atoms with E-state index in [0.29, 0.717) is 11.8 Å². The fourth-order valence-electron chi connectivity index (χ4n) is 2.28. The number of hydrogen-bond donors (Lipinski definition) is 1. The van der Waals surface area contributed by atoms with E-state index in [1.165, 1.54) is 6.92 Å². The van der Waals surface area contributed by atoms with Crippen LogP contribution in [0.2, 0.25) is 0 Å². The van der Waals surface area contributed by atoms with E-state index in [1.807, 2.05) is 6.92 Å². The van der Waals surface area contributed by atoms with Crippen LogP contribution in [0.4, 0.5) is 42.8 Å². The number of nitrogens with zero attached hydrogens (tertiary/aromatic N) is 3. The number of carbonyl (C=O) groups is 1. The second-order valence-corrected chi connectivity index (χ2v) is 6.51. The summed E-state index contributed by atoms with van der Waals surface area (Å²) in [4.78, 5) is 21.0. The molecule has 0 fully saturated rings. The number of carbonyl (C=O) groups excluding carboxylic acids is 1. The molecule has 0 saturated carbocycles. The number of aryl methyl sites for hydroxylation is 1. The number of rotatable bonds is 7. The molecule has 1 aromatic carbocycles. The lowest BCUT2D eigenvalue weighted by Crippen LogP contribution is -2.33. The summed E-state index contributed by atoms with van der Waals surface area (Å²) in [5, 5.41) is 2.19. The predicted molar refractivity (Wildman–Crippen MR) is 103 cm³/mol. The van der Waals surface area contributed by atoms with E-state index in [-0.39, 0.29) is 5.70 Å². The molecule has 2 amide bonds. The Morgan fingerprint density at radius 3 is 1.88 bits per heavy atom. The van der Waals surface area contributed by atoms with Crippen LogP contribution in [0, 0.1) is 6.92 Å². The van der Waals surface area contributed by atoms with Gasteiger partial charge in [-0.05, 0) is 26.0 Å². The number of amides is 2. The van der Waals surface area contributed by atoms with Crippen LogP contribution >= 0.6 is 0 Å². The number of nitrogens with one attached hydrogen (secondary N) is 1. The summed E-state index contributed by atoms with van der Waals surface area (Å²) < 4.78 is 83.5. The first kappa shape index (κ1) is 24.8. The van der Waals surface area contributed by atoms with Crippen molar-refractivity contribution in [2.75, 3.05) is 23.4 Å². The fraction of sp³-hybridized carbons (Fsp3) is 0.316. The molecule has 0 unspecified atom stereocenters. The maximum absolute atomic E-state index is 12.7. The molecule has 1 aromatic heterocycles. The van der Waals surface area contributed by atoms with Crippen molar-refractivity contribution < 1.29 is 40.6 Å². The van der Waals surface area contributed by atoms with Crippen LogP contribution in [-0.2, 0) is 0 Å². The zero-order valence-corrected chi connectivity index (χ0v) is 16.8. The standard InChI is InChI=1S/C19H18F6N4O3/c1-11(2)29(13-6-4-12(3)5-7-13)17(30)28-16-26-14(31-9-18(20,21)22)8-15(27-16)32-10-19(23,24)25/h4-8H,1,9-10H2,2-3H3,(H,26,27,28,30). The molecule has 0 bridgehead atoms. The van der Waals surface area contributed by atoms with E-state index in [4.69, 9.17) is 0 Å². The number of allylic oxidation sites excluding steroid dienone is 1. The number of anilines is 2. The smallest absolute Gasteiger partial charge is 0.422 e. The van der Waals surface area contributed by atoms with Crippen molar-refractivity contribution in [1.82, 2.24) is 9.97 Å². The lowest BCUT2D eigenvalue weighted by atomic mass is 10.2. The van der Waals surface area contributed by atoms with Crippen LogP contribution in [0.1, 0.15) is 12.5 Å². The summed E-state index contributed by atoms with van der Waals surface area (Å²) in [6.07, 6.45) is -9.47. The van der Waals surface area contributed by atoms with Gasteiger partial charge in [-0.2, -0.15) is 36.3 Å². The van der Waals surface area contributed by atoms with Crippen LogP contribution in [0.15, 0.2) is 42.6 Å². The first-order chi connectivity index (χ1) is 14.7. The van der Waals surface area contributed by atoms with Crippen molar-refractivity contribution in [1.29, 1.82) is 0 Å². The lowest BCUT2D eigenvalue weighted by Gasteiger charge is -2.23. The number of hydrogen-bond acceptors (Lipinski definition) is 5. The van der Waals surface area contributed by atoms with Crippen molar-refractivity contribution in [2.45, 2.75) is 26.2 Å². The summed E-state index contributed by atoms with van der Waals surface area (Å²) >= 11 is 0. The molecule has 0 radical (unpaired) electrons. The molecule has 0 aliphatic rings. The van der Waals surface area contributed by atoms with Gasteiger partial charge in [-0.15, -0.1) is 0 Å². The van der Waals surface area contributed by atoms with E-state index in [2.05, 4.69) is 31.3 Å². The summed E-state index contributed by atoms with van der Waals surface area (Å²) in [6.45, 7) is 3.50. The third kappa shape index (κ3) is 7.96. The largest absolute Gasteiger partial charge is 0.468 e. The Morgan fingerprint density at radius 1 is 1.00 bits per heavy atom. The minimum absolute atomic E-state index is 0.268. The fourth-order valence-corrected chi connectivity index (χ4v) is 2.28. The van der Waals surface area contributed by atoms with Gasteiger partial charge in [0.15, 0.2) is 13.2 Å². The highest BCUT2D eigenvalue weighted by Crippen LogP contribution is 2.25. The first-order valence-corrected chi connectivity index (χ1v) is 8.85. The second kappa shape index (κ2) is 9.75. The van der Waals surface area contributed by atoms with Gasteiger partial charge >= 0.3 is 18.4 Å². The number of benzene rings is 1. The highest BCUT2D eigenvalue weighted by molar-refractivity contribution is 6.03. The summed E-state index contributed by atoms with van der Waals surface area (Å²) in [5.41, 5.74) is 1.59. The monoisotopic (exact) mass is 464 g/mol. The Balaban J connectivity index is 2.30. The Bertz CT molecular complexity index is 925. The third-order valence-electron chi connectivity index (χ3n) is 3.54. The van der Waals surface area contributed by atoms with Gasteiger partial charge in [0.05, 0.1) is 11.8 Å². The molecule has 0 aliphatic heterocycles. The lowest BCUT2D eigenvalue weighted by molar-refractivity contribution is -0.154. The normalized spacial score (nSPS) is 11.6. The Labute approximate surface area is 178 Å². The molecule has 0 aliphatic carbocycles. The maximum Gasteiger partial charge on any atom is 0.422 e. The van der Waals surface area contributed by atoms with E-state index in [1.54, 1.807) is 24.3 Å². The van der Waals surface area contributed by atoms with Crippen molar-refractivity contribution >= 4 is 17.7 Å². The van der Waals surface area contributed by atoms with E-state index in [0.717, 1.165) is 10.5 Å². The van der Waals surface area contributed by atoms with Gasteiger partial charge in [0.1, 0.15) is 0 Å².